The van der Waals surface area contributed by atoms with Gasteiger partial charge in [-0.05, 0) is 30.5 Å². The lowest BCUT2D eigenvalue weighted by Gasteiger charge is -2.25. The van der Waals surface area contributed by atoms with Crippen molar-refractivity contribution in [1.82, 2.24) is 9.55 Å². The van der Waals surface area contributed by atoms with Crippen LogP contribution in [-0.2, 0) is 13.0 Å². The van der Waals surface area contributed by atoms with Gasteiger partial charge in [0.25, 0.3) is 0 Å². The Labute approximate surface area is 127 Å². The Morgan fingerprint density at radius 1 is 1.37 bits per heavy atom. The molecule has 102 valence electrons. The van der Waals surface area contributed by atoms with Crippen LogP contribution in [0.3, 0.4) is 0 Å². The second-order valence-electron chi connectivity index (χ2n) is 5.34. The molecule has 1 saturated carbocycles. The van der Waals surface area contributed by atoms with E-state index in [0.29, 0.717) is 5.88 Å². The minimum Gasteiger partial charge on any atom is -0.328 e. The molecule has 4 heteroatoms. The molecule has 0 unspecified atom stereocenters. The molecule has 0 saturated heterocycles. The van der Waals surface area contributed by atoms with E-state index in [9.17, 15) is 0 Å². The van der Waals surface area contributed by atoms with Crippen LogP contribution >= 0.6 is 27.5 Å². The fourth-order valence-corrected chi connectivity index (χ4v) is 3.28. The number of imidazole rings is 1. The van der Waals surface area contributed by atoms with Gasteiger partial charge >= 0.3 is 0 Å². The van der Waals surface area contributed by atoms with Crippen molar-refractivity contribution in [1.29, 1.82) is 0 Å². The molecule has 1 heterocycles. The minimum absolute atomic E-state index is 0.633. The molecule has 0 N–H and O–H groups in total. The van der Waals surface area contributed by atoms with Crippen molar-refractivity contribution in [2.45, 2.75) is 38.6 Å². The van der Waals surface area contributed by atoms with E-state index < -0.39 is 0 Å². The number of benzene rings is 1. The summed E-state index contributed by atoms with van der Waals surface area (Å²) in [6.45, 7) is 1.07. The molecule has 0 radical (unpaired) electrons. The predicted octanol–water partition coefficient (Wildman–Crippen LogP) is 4.77. The monoisotopic (exact) mass is 340 g/mol. The number of nitrogens with zero attached hydrogens (tertiary/aromatic N) is 2. The van der Waals surface area contributed by atoms with Crippen LogP contribution < -0.4 is 0 Å². The molecular formula is C15H18BrClN2. The Bertz CT molecular complexity index is 575. The third-order valence-corrected chi connectivity index (χ3v) is 4.78. The first-order chi connectivity index (χ1) is 9.28. The molecule has 2 nitrogen and oxygen atoms in total. The maximum Gasteiger partial charge on any atom is 0.111 e. The zero-order valence-corrected chi connectivity index (χ0v) is 13.3. The summed E-state index contributed by atoms with van der Waals surface area (Å²) in [6.07, 6.45) is 6.34. The van der Waals surface area contributed by atoms with Crippen molar-refractivity contribution in [3.8, 4) is 0 Å². The molecule has 0 bridgehead atoms. The highest BCUT2D eigenvalue weighted by molar-refractivity contribution is 9.10. The highest BCUT2D eigenvalue weighted by Crippen LogP contribution is 2.31. The van der Waals surface area contributed by atoms with Crippen molar-refractivity contribution >= 4 is 38.6 Å². The van der Waals surface area contributed by atoms with Crippen LogP contribution in [0.5, 0.6) is 0 Å². The lowest BCUT2D eigenvalue weighted by Crippen LogP contribution is -2.15. The van der Waals surface area contributed by atoms with E-state index in [1.807, 2.05) is 0 Å². The van der Waals surface area contributed by atoms with Gasteiger partial charge in [-0.3, -0.25) is 0 Å². The number of aryl methyl sites for hydroxylation is 2. The van der Waals surface area contributed by atoms with Crippen LogP contribution in [-0.4, -0.2) is 15.4 Å². The molecule has 1 aliphatic carbocycles. The Balaban J connectivity index is 1.91. The number of halogens is 2. The van der Waals surface area contributed by atoms with E-state index in [1.165, 1.54) is 31.2 Å². The maximum absolute atomic E-state index is 5.91. The number of rotatable bonds is 5. The van der Waals surface area contributed by atoms with Gasteiger partial charge < -0.3 is 4.57 Å². The normalized spacial score (nSPS) is 15.9. The number of alkyl halides is 1. The molecule has 2 aromatic rings. The first kappa shape index (κ1) is 13.4. The van der Waals surface area contributed by atoms with Crippen molar-refractivity contribution in [2.75, 3.05) is 5.88 Å². The zero-order valence-electron chi connectivity index (χ0n) is 10.9. The SMILES string of the molecule is ClCCc1nc2ccc(Br)cc2n1CCC1CCC1. The second kappa shape index (κ2) is 5.84. The van der Waals surface area contributed by atoms with Gasteiger partial charge in [0.05, 0.1) is 11.0 Å². The Hall–Kier alpha value is -0.540. The second-order valence-corrected chi connectivity index (χ2v) is 6.63. The van der Waals surface area contributed by atoms with Gasteiger partial charge in [-0.2, -0.15) is 0 Å². The average Bonchev–Trinajstić information content (AvgIpc) is 2.66. The number of aromatic nitrogens is 2. The average molecular weight is 342 g/mol. The molecule has 1 aromatic heterocycles. The third kappa shape index (κ3) is 2.82. The van der Waals surface area contributed by atoms with Gasteiger partial charge in [-0.25, -0.2) is 4.98 Å². The zero-order chi connectivity index (χ0) is 13.2. The summed E-state index contributed by atoms with van der Waals surface area (Å²) >= 11 is 9.46. The molecule has 0 aliphatic heterocycles. The summed E-state index contributed by atoms with van der Waals surface area (Å²) in [4.78, 5) is 4.72. The molecule has 0 atom stereocenters. The molecule has 1 fully saturated rings. The lowest BCUT2D eigenvalue weighted by molar-refractivity contribution is 0.282. The molecule has 1 aliphatic rings. The fourth-order valence-electron chi connectivity index (χ4n) is 2.76. The number of hydrogen-bond acceptors (Lipinski definition) is 1. The lowest BCUT2D eigenvalue weighted by atomic mass is 9.83. The smallest absolute Gasteiger partial charge is 0.111 e. The third-order valence-electron chi connectivity index (χ3n) is 4.09. The Kier molecular flexibility index (Phi) is 4.13. The van der Waals surface area contributed by atoms with Gasteiger partial charge in [0.2, 0.25) is 0 Å². The largest absolute Gasteiger partial charge is 0.328 e. The van der Waals surface area contributed by atoms with Crippen LogP contribution in [0.15, 0.2) is 22.7 Å². The summed E-state index contributed by atoms with van der Waals surface area (Å²) in [7, 11) is 0. The highest BCUT2D eigenvalue weighted by atomic mass is 79.9. The van der Waals surface area contributed by atoms with E-state index in [1.54, 1.807) is 0 Å². The Morgan fingerprint density at radius 3 is 2.89 bits per heavy atom. The van der Waals surface area contributed by atoms with Crippen LogP contribution in [0.25, 0.3) is 11.0 Å². The van der Waals surface area contributed by atoms with E-state index in [-0.39, 0.29) is 0 Å². The van der Waals surface area contributed by atoms with Gasteiger partial charge in [0.1, 0.15) is 5.82 Å². The number of hydrogen-bond donors (Lipinski definition) is 0. The van der Waals surface area contributed by atoms with Crippen molar-refractivity contribution in [2.24, 2.45) is 5.92 Å². The van der Waals surface area contributed by atoms with Gasteiger partial charge in [-0.15, -0.1) is 11.6 Å². The van der Waals surface area contributed by atoms with Crippen LogP contribution in [0, 0.1) is 5.92 Å². The summed E-state index contributed by atoms with van der Waals surface area (Å²) in [5.41, 5.74) is 2.31. The van der Waals surface area contributed by atoms with E-state index in [4.69, 9.17) is 16.6 Å². The first-order valence-corrected chi connectivity index (χ1v) is 8.31. The molecule has 0 spiro atoms. The summed E-state index contributed by atoms with van der Waals surface area (Å²) < 4.78 is 3.48. The molecule has 0 amide bonds. The standard InChI is InChI=1S/C15H18BrClN2/c16-12-4-5-13-14(10-12)19(15(18-13)6-8-17)9-7-11-2-1-3-11/h4-5,10-11H,1-3,6-9H2. The molecule has 19 heavy (non-hydrogen) atoms. The van der Waals surface area contributed by atoms with E-state index >= 15 is 0 Å². The van der Waals surface area contributed by atoms with Gasteiger partial charge in [0, 0.05) is 23.3 Å². The fraction of sp³-hybridized carbons (Fsp3) is 0.533. The van der Waals surface area contributed by atoms with Crippen LogP contribution in [0.4, 0.5) is 0 Å². The summed E-state index contributed by atoms with van der Waals surface area (Å²) in [5.74, 6) is 2.68. The Morgan fingerprint density at radius 2 is 2.21 bits per heavy atom. The predicted molar refractivity (Wildman–Crippen MR) is 83.8 cm³/mol. The molecule has 3 rings (SSSR count). The maximum atomic E-state index is 5.91. The number of fused-ring (bicyclic) bond motifs is 1. The van der Waals surface area contributed by atoms with E-state index in [0.717, 1.165) is 34.7 Å². The van der Waals surface area contributed by atoms with Crippen LogP contribution in [0.2, 0.25) is 0 Å². The highest BCUT2D eigenvalue weighted by Gasteiger charge is 2.18. The molecular weight excluding hydrogens is 324 g/mol. The van der Waals surface area contributed by atoms with Crippen LogP contribution in [0.1, 0.15) is 31.5 Å². The summed E-state index contributed by atoms with van der Waals surface area (Å²) in [5, 5.41) is 0. The first-order valence-electron chi connectivity index (χ1n) is 6.98. The van der Waals surface area contributed by atoms with Crippen molar-refractivity contribution < 1.29 is 0 Å². The van der Waals surface area contributed by atoms with Crippen molar-refractivity contribution in [3.63, 3.8) is 0 Å². The minimum atomic E-state index is 0.633. The van der Waals surface area contributed by atoms with E-state index in [2.05, 4.69) is 38.7 Å². The van der Waals surface area contributed by atoms with Gasteiger partial charge in [0.15, 0.2) is 0 Å². The topological polar surface area (TPSA) is 17.8 Å². The quantitative estimate of drug-likeness (QED) is 0.716. The molecule has 1 aromatic carbocycles. The van der Waals surface area contributed by atoms with Crippen molar-refractivity contribution in [3.05, 3.63) is 28.5 Å². The summed E-state index contributed by atoms with van der Waals surface area (Å²) in [6, 6.07) is 6.30. The van der Waals surface area contributed by atoms with Gasteiger partial charge in [-0.1, -0.05) is 35.2 Å².